The van der Waals surface area contributed by atoms with Crippen LogP contribution in [0.15, 0.2) is 108 Å². The maximum absolute atomic E-state index is 14.9. The quantitative estimate of drug-likeness (QED) is 0.432. The number of hydrogen-bond donors (Lipinski definition) is 1. The van der Waals surface area contributed by atoms with E-state index in [1.165, 1.54) is 0 Å². The number of ether oxygens (including phenoxy) is 1. The lowest BCUT2D eigenvalue weighted by Gasteiger charge is -2.45. The van der Waals surface area contributed by atoms with Gasteiger partial charge in [0.25, 0.3) is 0 Å². The maximum atomic E-state index is 14.9. The highest BCUT2D eigenvalue weighted by Gasteiger charge is 2.61. The lowest BCUT2D eigenvalue weighted by molar-refractivity contribution is -0.141. The summed E-state index contributed by atoms with van der Waals surface area (Å²) < 4.78 is 5.64. The van der Waals surface area contributed by atoms with Crippen LogP contribution in [-0.4, -0.2) is 23.4 Å². The van der Waals surface area contributed by atoms with Crippen molar-refractivity contribution in [1.82, 2.24) is 4.90 Å². The number of nitrogens with two attached hydrogens (primary N) is 1. The van der Waals surface area contributed by atoms with Gasteiger partial charge in [-0.2, -0.15) is 0 Å². The molecule has 0 bridgehead atoms. The van der Waals surface area contributed by atoms with Crippen molar-refractivity contribution in [2.24, 2.45) is 5.73 Å². The van der Waals surface area contributed by atoms with E-state index in [-0.39, 0.29) is 18.1 Å². The zero-order chi connectivity index (χ0) is 27.0. The summed E-state index contributed by atoms with van der Waals surface area (Å²) in [5.74, 6) is -0.357. The smallest absolute Gasteiger partial charge is 0.339 e. The number of rotatable bonds is 6. The predicted molar refractivity (Wildman–Crippen MR) is 151 cm³/mol. The Bertz CT molecular complexity index is 1480. The lowest BCUT2D eigenvalue weighted by Crippen LogP contribution is -2.52. The Morgan fingerprint density at radius 2 is 1.44 bits per heavy atom. The minimum absolute atomic E-state index is 0.132. The van der Waals surface area contributed by atoms with Crippen molar-refractivity contribution in [1.29, 1.82) is 0 Å². The predicted octanol–water partition coefficient (Wildman–Crippen LogP) is 5.55. The van der Waals surface area contributed by atoms with Gasteiger partial charge in [0.1, 0.15) is 16.8 Å². The van der Waals surface area contributed by atoms with E-state index in [1.54, 1.807) is 6.92 Å². The lowest BCUT2D eigenvalue weighted by atomic mass is 9.64. The molecule has 3 aromatic rings. The van der Waals surface area contributed by atoms with Gasteiger partial charge in [0.2, 0.25) is 5.91 Å². The van der Waals surface area contributed by atoms with Gasteiger partial charge in [-0.1, -0.05) is 78.9 Å². The highest BCUT2D eigenvalue weighted by atomic mass is 16.5. The Kier molecular flexibility index (Phi) is 6.47. The van der Waals surface area contributed by atoms with Gasteiger partial charge in [-0.3, -0.25) is 4.79 Å². The van der Waals surface area contributed by atoms with Crippen LogP contribution in [0.2, 0.25) is 0 Å². The third-order valence-corrected chi connectivity index (χ3v) is 8.15. The first kappa shape index (κ1) is 25.0. The molecule has 0 saturated heterocycles. The molecule has 1 aliphatic carbocycles. The van der Waals surface area contributed by atoms with Crippen molar-refractivity contribution in [2.45, 2.75) is 51.1 Å². The second-order valence-electron chi connectivity index (χ2n) is 10.3. The second kappa shape index (κ2) is 10.1. The molecule has 1 spiro atoms. The first-order valence-corrected chi connectivity index (χ1v) is 13.7. The largest absolute Gasteiger partial charge is 0.462 e. The van der Waals surface area contributed by atoms with Crippen LogP contribution in [0.25, 0.3) is 0 Å². The second-order valence-corrected chi connectivity index (χ2v) is 10.3. The molecule has 39 heavy (non-hydrogen) atoms. The third kappa shape index (κ3) is 3.94. The van der Waals surface area contributed by atoms with E-state index in [4.69, 9.17) is 10.5 Å². The summed E-state index contributed by atoms with van der Waals surface area (Å²) in [6, 6.07) is 27.9. The van der Waals surface area contributed by atoms with Crippen LogP contribution in [0.3, 0.4) is 0 Å². The number of anilines is 1. The number of amides is 1. The fourth-order valence-electron chi connectivity index (χ4n) is 6.53. The molecule has 0 saturated carbocycles. The van der Waals surface area contributed by atoms with Gasteiger partial charge in [-0.15, -0.1) is 0 Å². The van der Waals surface area contributed by atoms with Gasteiger partial charge in [-0.25, -0.2) is 4.79 Å². The molecular weight excluding hydrogens is 486 g/mol. The van der Waals surface area contributed by atoms with E-state index in [2.05, 4.69) is 17.0 Å². The Morgan fingerprint density at radius 3 is 2.10 bits per heavy atom. The molecule has 198 valence electrons. The van der Waals surface area contributed by atoms with Gasteiger partial charge >= 0.3 is 5.97 Å². The van der Waals surface area contributed by atoms with E-state index in [1.807, 2.05) is 77.7 Å². The summed E-state index contributed by atoms with van der Waals surface area (Å²) in [5.41, 5.74) is 11.7. The topological polar surface area (TPSA) is 75.9 Å². The van der Waals surface area contributed by atoms with Crippen LogP contribution in [0.4, 0.5) is 5.69 Å². The zero-order valence-electron chi connectivity index (χ0n) is 22.2. The molecule has 0 fully saturated rings. The molecule has 2 N–H and O–H groups in total. The van der Waals surface area contributed by atoms with Gasteiger partial charge < -0.3 is 20.3 Å². The number of esters is 1. The summed E-state index contributed by atoms with van der Waals surface area (Å²) >= 11 is 0. The summed E-state index contributed by atoms with van der Waals surface area (Å²) in [7, 11) is 0. The molecule has 0 aromatic heterocycles. The minimum atomic E-state index is -1.30. The van der Waals surface area contributed by atoms with Crippen LogP contribution in [0, 0.1) is 0 Å². The van der Waals surface area contributed by atoms with Crippen molar-refractivity contribution >= 4 is 17.6 Å². The Hall–Kier alpha value is -4.32. The average molecular weight is 520 g/mol. The van der Waals surface area contributed by atoms with Crippen molar-refractivity contribution in [3.05, 3.63) is 124 Å². The molecule has 6 nitrogen and oxygen atoms in total. The molecule has 1 atom stereocenters. The molecule has 2 heterocycles. The molecule has 6 heteroatoms. The Labute approximate surface area is 229 Å². The molecule has 6 rings (SSSR count). The van der Waals surface area contributed by atoms with Crippen LogP contribution < -0.4 is 10.6 Å². The number of allylic oxidation sites excluding steroid dienone is 1. The molecule has 1 amide bonds. The number of carbonyl (C=O) groups is 2. The number of para-hydroxylation sites is 1. The van der Waals surface area contributed by atoms with E-state index in [0.717, 1.165) is 59.3 Å². The molecule has 2 aliphatic heterocycles. The molecule has 0 radical (unpaired) electrons. The molecular formula is C33H33N3O3. The van der Waals surface area contributed by atoms with Crippen LogP contribution in [0.5, 0.6) is 0 Å². The standard InChI is InChI=1S/C33H33N3O3/c1-2-39-31(37)29-30(34)35(21-23-13-5-3-6-14-23)27-19-11-9-17-25(27)33(29)26-18-10-12-20-28(26)36(32(33)38)22-24-15-7-4-8-16-24/h3-8,10,12-16,18,20H,2,9,11,17,19,21-22,34H2,1H3. The minimum Gasteiger partial charge on any atom is -0.462 e. The Balaban J connectivity index is 1.59. The summed E-state index contributed by atoms with van der Waals surface area (Å²) in [6.45, 7) is 2.90. The van der Waals surface area contributed by atoms with Crippen molar-refractivity contribution in [3.63, 3.8) is 0 Å². The first-order valence-electron chi connectivity index (χ1n) is 13.7. The molecule has 1 unspecified atom stereocenters. The van der Waals surface area contributed by atoms with Crippen molar-refractivity contribution < 1.29 is 14.3 Å². The van der Waals surface area contributed by atoms with Crippen LogP contribution in [-0.2, 0) is 32.8 Å². The average Bonchev–Trinajstić information content (AvgIpc) is 3.20. The Morgan fingerprint density at radius 1 is 0.846 bits per heavy atom. The monoisotopic (exact) mass is 519 g/mol. The summed E-state index contributed by atoms with van der Waals surface area (Å²) in [6.07, 6.45) is 3.47. The van der Waals surface area contributed by atoms with Gasteiger partial charge in [0, 0.05) is 23.5 Å². The third-order valence-electron chi connectivity index (χ3n) is 8.15. The highest BCUT2D eigenvalue weighted by Crippen LogP contribution is 2.57. The molecule has 3 aliphatic rings. The number of nitrogens with zero attached hydrogens (tertiary/aromatic N) is 2. The van der Waals surface area contributed by atoms with Crippen molar-refractivity contribution in [2.75, 3.05) is 11.5 Å². The number of benzene rings is 3. The number of carbonyl (C=O) groups excluding carboxylic acids is 2. The van der Waals surface area contributed by atoms with Crippen LogP contribution in [0.1, 0.15) is 49.3 Å². The zero-order valence-corrected chi connectivity index (χ0v) is 22.2. The van der Waals surface area contributed by atoms with E-state index < -0.39 is 11.4 Å². The maximum Gasteiger partial charge on any atom is 0.339 e. The van der Waals surface area contributed by atoms with Crippen LogP contribution >= 0.6 is 0 Å². The summed E-state index contributed by atoms with van der Waals surface area (Å²) in [5, 5.41) is 0. The van der Waals surface area contributed by atoms with Gasteiger partial charge in [0.15, 0.2) is 0 Å². The van der Waals surface area contributed by atoms with E-state index in [9.17, 15) is 9.59 Å². The SMILES string of the molecule is CCOC(=O)C1=C(N)N(Cc2ccccc2)C2=C(CCCC2)C12C(=O)N(Cc1ccccc1)c1ccccc12. The van der Waals surface area contributed by atoms with E-state index >= 15 is 0 Å². The first-order chi connectivity index (χ1) is 19.1. The van der Waals surface area contributed by atoms with Crippen molar-refractivity contribution in [3.8, 4) is 0 Å². The summed E-state index contributed by atoms with van der Waals surface area (Å²) in [4.78, 5) is 32.7. The number of fused-ring (bicyclic) bond motifs is 3. The van der Waals surface area contributed by atoms with E-state index in [0.29, 0.717) is 18.9 Å². The van der Waals surface area contributed by atoms with Gasteiger partial charge in [0.05, 0.1) is 13.2 Å². The fourth-order valence-corrected chi connectivity index (χ4v) is 6.53. The fraction of sp³-hybridized carbons (Fsp3) is 0.273. The normalized spacial score (nSPS) is 20.4. The number of hydrogen-bond acceptors (Lipinski definition) is 5. The highest BCUT2D eigenvalue weighted by molar-refractivity contribution is 6.18. The van der Waals surface area contributed by atoms with Gasteiger partial charge in [-0.05, 0) is 55.4 Å². The molecule has 3 aromatic carbocycles.